The molecule has 0 radical (unpaired) electrons. The van der Waals surface area contributed by atoms with Crippen molar-refractivity contribution >= 4 is 21.9 Å². The van der Waals surface area contributed by atoms with Crippen LogP contribution in [0.4, 0.5) is 0 Å². The quantitative estimate of drug-likeness (QED) is 0.372. The maximum absolute atomic E-state index is 6.35. The first kappa shape index (κ1) is 18.8. The van der Waals surface area contributed by atoms with E-state index in [1.165, 1.54) is 47.6 Å². The molecule has 1 aromatic heterocycles. The van der Waals surface area contributed by atoms with Crippen molar-refractivity contribution in [2.24, 2.45) is 0 Å². The standard InChI is InChI=1S/C24H32O2/c1-5-7-9-10-11-19-12-13-20-21-14-15-22(25-16-8-6-2)18(4)24(21)26-23(20)17(19)3/h12-15H,5-11,16H2,1-4H3. The van der Waals surface area contributed by atoms with Gasteiger partial charge in [0.25, 0.3) is 0 Å². The van der Waals surface area contributed by atoms with E-state index < -0.39 is 0 Å². The van der Waals surface area contributed by atoms with Gasteiger partial charge in [-0.2, -0.15) is 0 Å². The van der Waals surface area contributed by atoms with Gasteiger partial charge in [0.15, 0.2) is 0 Å². The number of aryl methyl sites for hydroxylation is 3. The van der Waals surface area contributed by atoms with Gasteiger partial charge in [0.2, 0.25) is 0 Å². The van der Waals surface area contributed by atoms with Gasteiger partial charge in [0.1, 0.15) is 16.9 Å². The Hall–Kier alpha value is -1.96. The molecule has 0 aliphatic carbocycles. The van der Waals surface area contributed by atoms with E-state index in [9.17, 15) is 0 Å². The third-order valence-corrected chi connectivity index (χ3v) is 5.42. The van der Waals surface area contributed by atoms with E-state index in [0.717, 1.165) is 48.3 Å². The summed E-state index contributed by atoms with van der Waals surface area (Å²) >= 11 is 0. The third-order valence-electron chi connectivity index (χ3n) is 5.42. The Labute approximate surface area is 157 Å². The van der Waals surface area contributed by atoms with Crippen LogP contribution >= 0.6 is 0 Å². The zero-order valence-electron chi connectivity index (χ0n) is 16.8. The summed E-state index contributed by atoms with van der Waals surface area (Å²) in [5, 5.41) is 2.42. The first-order valence-electron chi connectivity index (χ1n) is 10.2. The smallest absolute Gasteiger partial charge is 0.142 e. The van der Waals surface area contributed by atoms with Gasteiger partial charge >= 0.3 is 0 Å². The van der Waals surface area contributed by atoms with Crippen molar-refractivity contribution in [1.82, 2.24) is 0 Å². The fraction of sp³-hybridized carbons (Fsp3) is 0.500. The second-order valence-electron chi connectivity index (χ2n) is 7.41. The van der Waals surface area contributed by atoms with Crippen LogP contribution in [-0.2, 0) is 6.42 Å². The largest absolute Gasteiger partial charge is 0.493 e. The molecule has 0 saturated carbocycles. The number of unbranched alkanes of at least 4 members (excludes halogenated alkanes) is 4. The van der Waals surface area contributed by atoms with Crippen molar-refractivity contribution in [3.05, 3.63) is 41.0 Å². The topological polar surface area (TPSA) is 22.4 Å². The summed E-state index contributed by atoms with van der Waals surface area (Å²) in [6.45, 7) is 9.51. The predicted octanol–water partition coefficient (Wildman–Crippen LogP) is 7.50. The average Bonchev–Trinajstić information content (AvgIpc) is 3.03. The Balaban J connectivity index is 1.93. The molecule has 140 valence electrons. The lowest BCUT2D eigenvalue weighted by Gasteiger charge is -2.08. The van der Waals surface area contributed by atoms with E-state index in [-0.39, 0.29) is 0 Å². The molecule has 1 heterocycles. The first-order chi connectivity index (χ1) is 12.7. The van der Waals surface area contributed by atoms with Gasteiger partial charge in [-0.25, -0.2) is 0 Å². The molecule has 2 nitrogen and oxygen atoms in total. The molecule has 0 amide bonds. The van der Waals surface area contributed by atoms with Crippen LogP contribution in [-0.4, -0.2) is 6.61 Å². The van der Waals surface area contributed by atoms with E-state index >= 15 is 0 Å². The Kier molecular flexibility index (Phi) is 6.24. The van der Waals surface area contributed by atoms with Crippen LogP contribution in [0.25, 0.3) is 21.9 Å². The number of benzene rings is 2. The Morgan fingerprint density at radius 1 is 0.769 bits per heavy atom. The SMILES string of the molecule is CCCCCCc1ccc2c(oc3c(C)c(OCCCC)ccc32)c1C. The molecule has 0 aliphatic rings. The van der Waals surface area contributed by atoms with Gasteiger partial charge in [-0.1, -0.05) is 51.7 Å². The lowest BCUT2D eigenvalue weighted by atomic mass is 9.99. The maximum Gasteiger partial charge on any atom is 0.142 e. The molecule has 0 atom stereocenters. The van der Waals surface area contributed by atoms with E-state index in [1.807, 2.05) is 0 Å². The summed E-state index contributed by atoms with van der Waals surface area (Å²) < 4.78 is 12.3. The highest BCUT2D eigenvalue weighted by Crippen LogP contribution is 2.37. The molecule has 0 aliphatic heterocycles. The van der Waals surface area contributed by atoms with Crippen LogP contribution in [0.15, 0.2) is 28.7 Å². The van der Waals surface area contributed by atoms with Crippen molar-refractivity contribution < 1.29 is 9.15 Å². The molecule has 2 aromatic carbocycles. The van der Waals surface area contributed by atoms with Gasteiger partial charge < -0.3 is 9.15 Å². The molecule has 2 heteroatoms. The predicted molar refractivity (Wildman–Crippen MR) is 111 cm³/mol. The lowest BCUT2D eigenvalue weighted by molar-refractivity contribution is 0.307. The Bertz CT molecular complexity index is 873. The second kappa shape index (κ2) is 8.62. The highest BCUT2D eigenvalue weighted by atomic mass is 16.5. The van der Waals surface area contributed by atoms with Crippen molar-refractivity contribution in [3.8, 4) is 5.75 Å². The van der Waals surface area contributed by atoms with Gasteiger partial charge in [-0.15, -0.1) is 0 Å². The molecule has 3 rings (SSSR count). The Morgan fingerprint density at radius 3 is 2.19 bits per heavy atom. The number of rotatable bonds is 9. The van der Waals surface area contributed by atoms with Gasteiger partial charge in [0, 0.05) is 16.3 Å². The molecule has 3 aromatic rings. The molecule has 0 bridgehead atoms. The summed E-state index contributed by atoms with van der Waals surface area (Å²) in [6.07, 6.45) is 8.55. The summed E-state index contributed by atoms with van der Waals surface area (Å²) in [5.41, 5.74) is 5.84. The molecule has 0 fully saturated rings. The number of fused-ring (bicyclic) bond motifs is 3. The lowest BCUT2D eigenvalue weighted by Crippen LogP contribution is -1.97. The third kappa shape index (κ3) is 3.75. The highest BCUT2D eigenvalue weighted by Gasteiger charge is 2.15. The Morgan fingerprint density at radius 2 is 1.46 bits per heavy atom. The zero-order valence-corrected chi connectivity index (χ0v) is 16.8. The minimum Gasteiger partial charge on any atom is -0.493 e. The second-order valence-corrected chi connectivity index (χ2v) is 7.41. The summed E-state index contributed by atoms with van der Waals surface area (Å²) in [6, 6.07) is 8.77. The van der Waals surface area contributed by atoms with Crippen LogP contribution in [0.5, 0.6) is 5.75 Å². The van der Waals surface area contributed by atoms with Crippen LogP contribution in [0.1, 0.15) is 69.1 Å². The van der Waals surface area contributed by atoms with Crippen LogP contribution < -0.4 is 4.74 Å². The highest BCUT2D eigenvalue weighted by molar-refractivity contribution is 6.07. The molecule has 0 unspecified atom stereocenters. The fourth-order valence-electron chi connectivity index (χ4n) is 3.69. The summed E-state index contributed by atoms with van der Waals surface area (Å²) in [4.78, 5) is 0. The fourth-order valence-corrected chi connectivity index (χ4v) is 3.69. The normalized spacial score (nSPS) is 11.5. The van der Waals surface area contributed by atoms with E-state index in [2.05, 4.69) is 52.0 Å². The molecular formula is C24H32O2. The van der Waals surface area contributed by atoms with Crippen molar-refractivity contribution in [1.29, 1.82) is 0 Å². The van der Waals surface area contributed by atoms with Gasteiger partial charge in [0.05, 0.1) is 6.61 Å². The molecule has 0 spiro atoms. The van der Waals surface area contributed by atoms with E-state index in [1.54, 1.807) is 0 Å². The average molecular weight is 353 g/mol. The molecule has 0 saturated heterocycles. The molecule has 26 heavy (non-hydrogen) atoms. The maximum atomic E-state index is 6.35. The minimum absolute atomic E-state index is 0.768. The monoisotopic (exact) mass is 352 g/mol. The van der Waals surface area contributed by atoms with E-state index in [4.69, 9.17) is 9.15 Å². The summed E-state index contributed by atoms with van der Waals surface area (Å²) in [5.74, 6) is 0.947. The van der Waals surface area contributed by atoms with Crippen molar-refractivity contribution in [3.63, 3.8) is 0 Å². The summed E-state index contributed by atoms with van der Waals surface area (Å²) in [7, 11) is 0. The van der Waals surface area contributed by atoms with Crippen molar-refractivity contribution in [2.45, 2.75) is 72.6 Å². The van der Waals surface area contributed by atoms with Gasteiger partial charge in [-0.05, 0) is 56.4 Å². The van der Waals surface area contributed by atoms with Gasteiger partial charge in [-0.3, -0.25) is 0 Å². The number of furan rings is 1. The number of hydrogen-bond donors (Lipinski definition) is 0. The zero-order chi connectivity index (χ0) is 18.5. The van der Waals surface area contributed by atoms with Crippen LogP contribution in [0.2, 0.25) is 0 Å². The number of ether oxygens (including phenoxy) is 1. The van der Waals surface area contributed by atoms with Crippen molar-refractivity contribution in [2.75, 3.05) is 6.61 Å². The van der Waals surface area contributed by atoms with E-state index in [0.29, 0.717) is 0 Å². The first-order valence-corrected chi connectivity index (χ1v) is 10.2. The number of hydrogen-bond acceptors (Lipinski definition) is 2. The van der Waals surface area contributed by atoms with Crippen LogP contribution in [0.3, 0.4) is 0 Å². The minimum atomic E-state index is 0.768. The van der Waals surface area contributed by atoms with Crippen LogP contribution in [0, 0.1) is 13.8 Å². The molecular weight excluding hydrogens is 320 g/mol. The molecule has 0 N–H and O–H groups in total.